The van der Waals surface area contributed by atoms with Gasteiger partial charge >= 0.3 is 0 Å². The fourth-order valence-electron chi connectivity index (χ4n) is 1.99. The molecule has 1 aromatic rings. The van der Waals surface area contributed by atoms with Crippen LogP contribution in [0.25, 0.3) is 0 Å². The zero-order valence-electron chi connectivity index (χ0n) is 10.7. The molecule has 0 unspecified atom stereocenters. The van der Waals surface area contributed by atoms with Gasteiger partial charge in [0, 0.05) is 37.6 Å². The molecule has 0 amide bonds. The molecule has 0 saturated carbocycles. The number of ether oxygens (including phenoxy) is 1. The number of nitrogens with zero attached hydrogens (tertiary/aromatic N) is 3. The average molecular weight is 236 g/mol. The van der Waals surface area contributed by atoms with Crippen molar-refractivity contribution in [2.45, 2.75) is 26.0 Å². The van der Waals surface area contributed by atoms with Gasteiger partial charge in [-0.05, 0) is 20.9 Å². The lowest BCUT2D eigenvalue weighted by molar-refractivity contribution is -0.0281. The number of morpholine rings is 1. The summed E-state index contributed by atoms with van der Waals surface area (Å²) in [6.07, 6.45) is 3.75. The molecule has 0 radical (unpaired) electrons. The number of anilines is 1. The molecule has 5 nitrogen and oxygen atoms in total. The third-order valence-electron chi connectivity index (χ3n) is 2.78. The van der Waals surface area contributed by atoms with E-state index in [0.717, 1.165) is 37.8 Å². The van der Waals surface area contributed by atoms with Crippen LogP contribution < -0.4 is 10.2 Å². The summed E-state index contributed by atoms with van der Waals surface area (Å²) < 4.78 is 5.67. The van der Waals surface area contributed by atoms with Crippen LogP contribution in [-0.2, 0) is 11.3 Å². The largest absolute Gasteiger partial charge is 0.372 e. The molecular weight excluding hydrogens is 216 g/mol. The Kier molecular flexibility index (Phi) is 3.59. The van der Waals surface area contributed by atoms with Crippen LogP contribution in [0.15, 0.2) is 12.4 Å². The lowest BCUT2D eigenvalue weighted by atomic mass is 10.1. The number of hydrogen-bond acceptors (Lipinski definition) is 5. The predicted molar refractivity (Wildman–Crippen MR) is 67.0 cm³/mol. The Morgan fingerprint density at radius 3 is 2.71 bits per heavy atom. The number of hydrogen-bond donors (Lipinski definition) is 1. The quantitative estimate of drug-likeness (QED) is 0.841. The summed E-state index contributed by atoms with van der Waals surface area (Å²) in [5, 5.41) is 3.08. The van der Waals surface area contributed by atoms with Crippen LogP contribution in [0.3, 0.4) is 0 Å². The average Bonchev–Trinajstić information content (AvgIpc) is 2.29. The maximum absolute atomic E-state index is 5.67. The van der Waals surface area contributed by atoms with Crippen LogP contribution in [0, 0.1) is 0 Å². The van der Waals surface area contributed by atoms with Crippen LogP contribution in [0.1, 0.15) is 19.4 Å². The summed E-state index contributed by atoms with van der Waals surface area (Å²) in [6, 6.07) is 0. The highest BCUT2D eigenvalue weighted by Crippen LogP contribution is 2.19. The highest BCUT2D eigenvalue weighted by atomic mass is 16.5. The Morgan fingerprint density at radius 2 is 2.12 bits per heavy atom. The minimum atomic E-state index is -0.120. The van der Waals surface area contributed by atoms with Crippen molar-refractivity contribution < 1.29 is 4.74 Å². The van der Waals surface area contributed by atoms with E-state index in [1.807, 2.05) is 19.4 Å². The van der Waals surface area contributed by atoms with E-state index in [1.165, 1.54) is 0 Å². The molecule has 0 aromatic carbocycles. The van der Waals surface area contributed by atoms with Gasteiger partial charge in [-0.1, -0.05) is 0 Å². The second-order valence-electron chi connectivity index (χ2n) is 4.95. The van der Waals surface area contributed by atoms with E-state index in [2.05, 4.69) is 34.0 Å². The highest BCUT2D eigenvalue weighted by molar-refractivity contribution is 5.31. The van der Waals surface area contributed by atoms with Crippen molar-refractivity contribution in [3.05, 3.63) is 18.0 Å². The maximum Gasteiger partial charge on any atom is 0.225 e. The second-order valence-corrected chi connectivity index (χ2v) is 4.95. The molecule has 94 valence electrons. The van der Waals surface area contributed by atoms with Crippen molar-refractivity contribution in [3.63, 3.8) is 0 Å². The van der Waals surface area contributed by atoms with Crippen molar-refractivity contribution in [3.8, 4) is 0 Å². The van der Waals surface area contributed by atoms with Crippen LogP contribution >= 0.6 is 0 Å². The van der Waals surface area contributed by atoms with Crippen LogP contribution in [0.4, 0.5) is 5.95 Å². The van der Waals surface area contributed by atoms with Crippen LogP contribution in [0.2, 0.25) is 0 Å². The van der Waals surface area contributed by atoms with E-state index in [1.54, 1.807) is 0 Å². The molecular formula is C12H20N4O. The summed E-state index contributed by atoms with van der Waals surface area (Å²) in [4.78, 5) is 11.0. The lowest BCUT2D eigenvalue weighted by Gasteiger charge is -2.38. The predicted octanol–water partition coefficient (Wildman–Crippen LogP) is 0.811. The smallest absolute Gasteiger partial charge is 0.225 e. The topological polar surface area (TPSA) is 50.3 Å². The van der Waals surface area contributed by atoms with Gasteiger partial charge in [-0.3, -0.25) is 0 Å². The first-order valence-corrected chi connectivity index (χ1v) is 5.95. The Balaban J connectivity index is 2.06. The van der Waals surface area contributed by atoms with E-state index in [9.17, 15) is 0 Å². The van der Waals surface area contributed by atoms with E-state index in [0.29, 0.717) is 0 Å². The number of nitrogens with one attached hydrogen (secondary N) is 1. The molecule has 1 aliphatic heterocycles. The SMILES string of the molecule is CNCc1cnc(N2CCOC(C)(C)C2)nc1. The molecule has 5 heteroatoms. The number of rotatable bonds is 3. The molecule has 1 saturated heterocycles. The van der Waals surface area contributed by atoms with Crippen molar-refractivity contribution >= 4 is 5.95 Å². The van der Waals surface area contributed by atoms with E-state index in [4.69, 9.17) is 4.74 Å². The van der Waals surface area contributed by atoms with Gasteiger partial charge in [-0.25, -0.2) is 9.97 Å². The van der Waals surface area contributed by atoms with E-state index >= 15 is 0 Å². The maximum atomic E-state index is 5.67. The zero-order valence-corrected chi connectivity index (χ0v) is 10.7. The molecule has 1 fully saturated rings. The minimum Gasteiger partial charge on any atom is -0.372 e. The molecule has 0 bridgehead atoms. The molecule has 2 heterocycles. The van der Waals surface area contributed by atoms with Gasteiger partial charge in [0.05, 0.1) is 12.2 Å². The minimum absolute atomic E-state index is 0.120. The van der Waals surface area contributed by atoms with Crippen molar-refractivity contribution in [2.75, 3.05) is 31.6 Å². The zero-order chi connectivity index (χ0) is 12.3. The summed E-state index contributed by atoms with van der Waals surface area (Å²) in [5.41, 5.74) is 0.981. The van der Waals surface area contributed by atoms with E-state index < -0.39 is 0 Å². The third kappa shape index (κ3) is 3.14. The fraction of sp³-hybridized carbons (Fsp3) is 0.667. The van der Waals surface area contributed by atoms with Crippen LogP contribution in [-0.4, -0.2) is 42.3 Å². The van der Waals surface area contributed by atoms with Crippen molar-refractivity contribution in [1.29, 1.82) is 0 Å². The van der Waals surface area contributed by atoms with Gasteiger partial charge in [0.2, 0.25) is 5.95 Å². The molecule has 0 atom stereocenters. The second kappa shape index (κ2) is 4.98. The van der Waals surface area contributed by atoms with Gasteiger partial charge in [-0.15, -0.1) is 0 Å². The first-order valence-electron chi connectivity index (χ1n) is 5.95. The summed E-state index contributed by atoms with van der Waals surface area (Å²) in [7, 11) is 1.92. The molecule has 0 aliphatic carbocycles. The monoisotopic (exact) mass is 236 g/mol. The normalized spacial score (nSPS) is 19.4. The van der Waals surface area contributed by atoms with Gasteiger partial charge in [0.15, 0.2) is 0 Å². The van der Waals surface area contributed by atoms with Gasteiger partial charge in [0.1, 0.15) is 0 Å². The first-order chi connectivity index (χ1) is 8.11. The van der Waals surface area contributed by atoms with Crippen LogP contribution in [0.5, 0.6) is 0 Å². The fourth-order valence-corrected chi connectivity index (χ4v) is 1.99. The van der Waals surface area contributed by atoms with Crippen molar-refractivity contribution in [1.82, 2.24) is 15.3 Å². The molecule has 1 aliphatic rings. The molecule has 0 spiro atoms. The summed E-state index contributed by atoms with van der Waals surface area (Å²) >= 11 is 0. The molecule has 17 heavy (non-hydrogen) atoms. The Hall–Kier alpha value is -1.20. The Labute approximate surface area is 102 Å². The Bertz CT molecular complexity index is 363. The van der Waals surface area contributed by atoms with E-state index in [-0.39, 0.29) is 5.60 Å². The standard InChI is InChI=1S/C12H20N4O/c1-12(2)9-16(4-5-17-12)11-14-7-10(6-13-3)8-15-11/h7-8,13H,4-6,9H2,1-3H3. The Morgan fingerprint density at radius 1 is 1.41 bits per heavy atom. The molecule has 1 N–H and O–H groups in total. The lowest BCUT2D eigenvalue weighted by Crippen LogP contribution is -2.49. The summed E-state index contributed by atoms with van der Waals surface area (Å²) in [6.45, 7) is 7.40. The molecule has 2 rings (SSSR count). The highest BCUT2D eigenvalue weighted by Gasteiger charge is 2.28. The number of aromatic nitrogens is 2. The van der Waals surface area contributed by atoms with Gasteiger partial charge in [0.25, 0.3) is 0 Å². The first kappa shape index (κ1) is 12.3. The van der Waals surface area contributed by atoms with Crippen molar-refractivity contribution in [2.24, 2.45) is 0 Å². The summed E-state index contributed by atoms with van der Waals surface area (Å²) in [5.74, 6) is 0.793. The third-order valence-corrected chi connectivity index (χ3v) is 2.78. The van der Waals surface area contributed by atoms with Gasteiger partial charge < -0.3 is 15.0 Å². The van der Waals surface area contributed by atoms with Gasteiger partial charge in [-0.2, -0.15) is 0 Å². The molecule has 1 aromatic heterocycles.